The Morgan fingerprint density at radius 1 is 1.41 bits per heavy atom. The molecule has 1 heterocycles. The molecule has 0 aliphatic heterocycles. The highest BCUT2D eigenvalue weighted by atomic mass is 16.5. The minimum absolute atomic E-state index is 0.0398. The van der Waals surface area contributed by atoms with Gasteiger partial charge < -0.3 is 9.84 Å². The SMILES string of the molecule is COc1cccc2c(=O)n([C@@H](C)CCCC(C)(C)O)cnc12. The summed E-state index contributed by atoms with van der Waals surface area (Å²) in [5.41, 5.74) is -0.130. The fourth-order valence-electron chi connectivity index (χ4n) is 2.59. The molecule has 2 aromatic rings. The van der Waals surface area contributed by atoms with Gasteiger partial charge in [-0.3, -0.25) is 9.36 Å². The van der Waals surface area contributed by atoms with Gasteiger partial charge in [-0.1, -0.05) is 6.07 Å². The van der Waals surface area contributed by atoms with Crippen molar-refractivity contribution in [3.05, 3.63) is 34.9 Å². The fourth-order valence-corrected chi connectivity index (χ4v) is 2.59. The standard InChI is InChI=1S/C17H24N2O3/c1-12(7-6-10-17(2,3)21)19-11-18-15-13(16(19)20)8-5-9-14(15)22-4/h5,8-9,11-12,21H,6-7,10H2,1-4H3/t12-/m0/s1. The zero-order valence-electron chi connectivity index (χ0n) is 13.7. The number of aliphatic hydroxyl groups is 1. The van der Waals surface area contributed by atoms with E-state index in [1.165, 1.54) is 0 Å². The quantitative estimate of drug-likeness (QED) is 0.891. The first kappa shape index (κ1) is 16.5. The molecule has 0 saturated heterocycles. The van der Waals surface area contributed by atoms with E-state index in [4.69, 9.17) is 4.74 Å². The van der Waals surface area contributed by atoms with Gasteiger partial charge in [-0.25, -0.2) is 4.98 Å². The number of para-hydroxylation sites is 1. The molecule has 0 saturated carbocycles. The van der Waals surface area contributed by atoms with Crippen molar-refractivity contribution in [3.8, 4) is 5.75 Å². The average Bonchev–Trinajstić information content (AvgIpc) is 2.45. The van der Waals surface area contributed by atoms with E-state index in [-0.39, 0.29) is 11.6 Å². The van der Waals surface area contributed by atoms with Gasteiger partial charge in [0.15, 0.2) is 0 Å². The molecule has 0 aliphatic rings. The van der Waals surface area contributed by atoms with Crippen molar-refractivity contribution >= 4 is 10.9 Å². The average molecular weight is 304 g/mol. The van der Waals surface area contributed by atoms with Crippen LogP contribution >= 0.6 is 0 Å². The van der Waals surface area contributed by atoms with Crippen LogP contribution < -0.4 is 10.3 Å². The van der Waals surface area contributed by atoms with Gasteiger partial charge in [0.25, 0.3) is 5.56 Å². The highest BCUT2D eigenvalue weighted by Crippen LogP contribution is 2.22. The second-order valence-corrected chi connectivity index (χ2v) is 6.37. The van der Waals surface area contributed by atoms with Crippen molar-refractivity contribution in [1.82, 2.24) is 9.55 Å². The number of hydrogen-bond acceptors (Lipinski definition) is 4. The largest absolute Gasteiger partial charge is 0.494 e. The summed E-state index contributed by atoms with van der Waals surface area (Å²) in [4.78, 5) is 17.0. The van der Waals surface area contributed by atoms with Gasteiger partial charge in [-0.2, -0.15) is 0 Å². The van der Waals surface area contributed by atoms with Gasteiger partial charge in [0.05, 0.1) is 24.4 Å². The van der Waals surface area contributed by atoms with Gasteiger partial charge in [0, 0.05) is 6.04 Å². The molecule has 5 nitrogen and oxygen atoms in total. The smallest absolute Gasteiger partial charge is 0.261 e. The summed E-state index contributed by atoms with van der Waals surface area (Å²) in [5, 5.41) is 10.3. The number of fused-ring (bicyclic) bond motifs is 1. The van der Waals surface area contributed by atoms with Crippen molar-refractivity contribution in [3.63, 3.8) is 0 Å². The number of hydrogen-bond donors (Lipinski definition) is 1. The van der Waals surface area contributed by atoms with Crippen molar-refractivity contribution in [2.45, 2.75) is 51.7 Å². The van der Waals surface area contributed by atoms with Crippen LogP contribution in [-0.4, -0.2) is 27.4 Å². The Morgan fingerprint density at radius 3 is 2.77 bits per heavy atom. The first-order chi connectivity index (χ1) is 10.3. The maximum Gasteiger partial charge on any atom is 0.261 e. The molecular formula is C17H24N2O3. The van der Waals surface area contributed by atoms with Crippen LogP contribution in [0.3, 0.4) is 0 Å². The van der Waals surface area contributed by atoms with E-state index in [1.54, 1.807) is 50.1 Å². The minimum atomic E-state index is -0.667. The monoisotopic (exact) mass is 304 g/mol. The number of rotatable bonds is 6. The third-order valence-corrected chi connectivity index (χ3v) is 3.88. The highest BCUT2D eigenvalue weighted by Gasteiger charge is 2.15. The Kier molecular flexibility index (Phi) is 4.86. The predicted molar refractivity (Wildman–Crippen MR) is 87.4 cm³/mol. The van der Waals surface area contributed by atoms with E-state index in [1.807, 2.05) is 6.92 Å². The van der Waals surface area contributed by atoms with E-state index in [2.05, 4.69) is 4.98 Å². The number of nitrogens with zero attached hydrogens (tertiary/aromatic N) is 2. The van der Waals surface area contributed by atoms with Gasteiger partial charge in [0.2, 0.25) is 0 Å². The second kappa shape index (κ2) is 6.48. The summed E-state index contributed by atoms with van der Waals surface area (Å²) < 4.78 is 6.91. The summed E-state index contributed by atoms with van der Waals surface area (Å²) in [6, 6.07) is 5.41. The number of methoxy groups -OCH3 is 1. The molecule has 5 heteroatoms. The van der Waals surface area contributed by atoms with E-state index < -0.39 is 5.60 Å². The van der Waals surface area contributed by atoms with Crippen LogP contribution in [0.25, 0.3) is 10.9 Å². The molecule has 1 aromatic carbocycles. The molecule has 1 atom stereocenters. The first-order valence-electron chi connectivity index (χ1n) is 7.60. The molecular weight excluding hydrogens is 280 g/mol. The van der Waals surface area contributed by atoms with Crippen molar-refractivity contribution in [2.24, 2.45) is 0 Å². The Bertz CT molecular complexity index is 701. The summed E-state index contributed by atoms with van der Waals surface area (Å²) in [7, 11) is 1.57. The molecule has 0 aliphatic carbocycles. The van der Waals surface area contributed by atoms with Crippen LogP contribution in [0.15, 0.2) is 29.3 Å². The molecule has 0 unspecified atom stereocenters. The fraction of sp³-hybridized carbons (Fsp3) is 0.529. The Balaban J connectivity index is 2.25. The van der Waals surface area contributed by atoms with E-state index >= 15 is 0 Å². The van der Waals surface area contributed by atoms with E-state index in [0.717, 1.165) is 12.8 Å². The van der Waals surface area contributed by atoms with E-state index in [0.29, 0.717) is 23.1 Å². The maximum absolute atomic E-state index is 12.6. The molecule has 22 heavy (non-hydrogen) atoms. The molecule has 0 amide bonds. The van der Waals surface area contributed by atoms with Crippen LogP contribution in [0.4, 0.5) is 0 Å². The summed E-state index contributed by atoms with van der Waals surface area (Å²) >= 11 is 0. The molecule has 0 fully saturated rings. The Labute approximate surface area is 130 Å². The lowest BCUT2D eigenvalue weighted by molar-refractivity contribution is 0.0671. The van der Waals surface area contributed by atoms with Gasteiger partial charge in [-0.15, -0.1) is 0 Å². The highest BCUT2D eigenvalue weighted by molar-refractivity contribution is 5.83. The number of benzene rings is 1. The molecule has 0 radical (unpaired) electrons. The molecule has 0 spiro atoms. The van der Waals surface area contributed by atoms with Crippen LogP contribution in [0, 0.1) is 0 Å². The van der Waals surface area contributed by atoms with Gasteiger partial charge >= 0.3 is 0 Å². The lowest BCUT2D eigenvalue weighted by atomic mass is 9.99. The zero-order chi connectivity index (χ0) is 16.3. The Hall–Kier alpha value is -1.88. The lowest BCUT2D eigenvalue weighted by Crippen LogP contribution is -2.24. The molecule has 0 bridgehead atoms. The van der Waals surface area contributed by atoms with Gasteiger partial charge in [0.1, 0.15) is 11.3 Å². The van der Waals surface area contributed by atoms with Crippen LogP contribution in [0.2, 0.25) is 0 Å². The third kappa shape index (κ3) is 3.65. The summed E-state index contributed by atoms with van der Waals surface area (Å²) in [6.45, 7) is 5.60. The Morgan fingerprint density at radius 2 is 2.14 bits per heavy atom. The molecule has 1 N–H and O–H groups in total. The zero-order valence-corrected chi connectivity index (χ0v) is 13.7. The minimum Gasteiger partial charge on any atom is -0.494 e. The summed E-state index contributed by atoms with van der Waals surface area (Å²) in [5.74, 6) is 0.608. The molecule has 2 rings (SSSR count). The van der Waals surface area contributed by atoms with Crippen LogP contribution in [-0.2, 0) is 0 Å². The molecule has 120 valence electrons. The predicted octanol–water partition coefficient (Wildman–Crippen LogP) is 2.91. The molecule has 1 aromatic heterocycles. The van der Waals surface area contributed by atoms with Crippen molar-refractivity contribution < 1.29 is 9.84 Å². The van der Waals surface area contributed by atoms with Crippen LogP contribution in [0.1, 0.15) is 46.1 Å². The van der Waals surface area contributed by atoms with Crippen LogP contribution in [0.5, 0.6) is 5.75 Å². The lowest BCUT2D eigenvalue weighted by Gasteiger charge is -2.19. The topological polar surface area (TPSA) is 64.3 Å². The normalized spacial score (nSPS) is 13.3. The summed E-state index contributed by atoms with van der Waals surface area (Å²) in [6.07, 6.45) is 3.97. The van der Waals surface area contributed by atoms with E-state index in [9.17, 15) is 9.90 Å². The van der Waals surface area contributed by atoms with Crippen molar-refractivity contribution in [1.29, 1.82) is 0 Å². The van der Waals surface area contributed by atoms with Crippen molar-refractivity contribution in [2.75, 3.05) is 7.11 Å². The number of aromatic nitrogens is 2. The second-order valence-electron chi connectivity index (χ2n) is 6.37. The number of ether oxygens (including phenoxy) is 1. The van der Waals surface area contributed by atoms with Gasteiger partial charge in [-0.05, 0) is 52.2 Å². The maximum atomic E-state index is 12.6. The third-order valence-electron chi connectivity index (χ3n) is 3.88. The first-order valence-corrected chi connectivity index (χ1v) is 7.60.